The van der Waals surface area contributed by atoms with Gasteiger partial charge in [-0.3, -0.25) is 9.48 Å². The van der Waals surface area contributed by atoms with E-state index in [2.05, 4.69) is 28.5 Å². The molecule has 0 spiro atoms. The van der Waals surface area contributed by atoms with Crippen LogP contribution in [0.1, 0.15) is 34.0 Å². The van der Waals surface area contributed by atoms with E-state index in [9.17, 15) is 4.79 Å². The molecule has 0 saturated carbocycles. The largest absolute Gasteiger partial charge is 0.493 e. The number of benzene rings is 1. The Hall–Kier alpha value is -2.37. The van der Waals surface area contributed by atoms with Crippen LogP contribution in [0.4, 0.5) is 0 Å². The van der Waals surface area contributed by atoms with Gasteiger partial charge in [-0.1, -0.05) is 17.3 Å². The van der Waals surface area contributed by atoms with E-state index in [1.54, 1.807) is 17.9 Å². The molecule has 1 atom stereocenters. The lowest BCUT2D eigenvalue weighted by molar-refractivity contribution is 0.0785. The topological polar surface area (TPSA) is 60.2 Å². The van der Waals surface area contributed by atoms with Crippen LogP contribution in [0.15, 0.2) is 24.4 Å². The molecule has 2 aliphatic rings. The lowest BCUT2D eigenvalue weighted by atomic mass is 9.96. The Kier molecular flexibility index (Phi) is 3.10. The van der Waals surface area contributed by atoms with Gasteiger partial charge in [0, 0.05) is 32.5 Å². The third-order valence-corrected chi connectivity index (χ3v) is 4.48. The molecule has 0 radical (unpaired) electrons. The number of aromatic nitrogens is 3. The molecule has 2 aromatic rings. The molecule has 1 aromatic heterocycles. The second-order valence-corrected chi connectivity index (χ2v) is 5.98. The van der Waals surface area contributed by atoms with Gasteiger partial charge in [-0.25, -0.2) is 0 Å². The van der Waals surface area contributed by atoms with E-state index in [1.165, 1.54) is 11.1 Å². The summed E-state index contributed by atoms with van der Waals surface area (Å²) < 4.78 is 7.11. The SMILES string of the molecule is Cn1cc(C(=O)N2CC[C@@H](c3ccc4c(c3)CCO4)C2)nn1. The van der Waals surface area contributed by atoms with E-state index in [0.29, 0.717) is 11.6 Å². The zero-order valence-corrected chi connectivity index (χ0v) is 12.5. The van der Waals surface area contributed by atoms with Crippen molar-refractivity contribution in [3.05, 3.63) is 41.2 Å². The van der Waals surface area contributed by atoms with E-state index in [0.717, 1.165) is 38.3 Å². The molecular formula is C16H18N4O2. The Balaban J connectivity index is 1.49. The number of hydrogen-bond donors (Lipinski definition) is 0. The lowest BCUT2D eigenvalue weighted by Gasteiger charge is -2.15. The first-order valence-corrected chi connectivity index (χ1v) is 7.62. The number of ether oxygens (including phenoxy) is 1. The van der Waals surface area contributed by atoms with Crippen molar-refractivity contribution in [1.29, 1.82) is 0 Å². The van der Waals surface area contributed by atoms with Crippen molar-refractivity contribution in [3.8, 4) is 5.75 Å². The van der Waals surface area contributed by atoms with E-state index in [1.807, 2.05) is 4.90 Å². The first-order valence-electron chi connectivity index (χ1n) is 7.62. The molecule has 6 heteroatoms. The van der Waals surface area contributed by atoms with Crippen LogP contribution in [0.3, 0.4) is 0 Å². The molecule has 4 rings (SSSR count). The molecule has 0 bridgehead atoms. The minimum absolute atomic E-state index is 0.0277. The summed E-state index contributed by atoms with van der Waals surface area (Å²) in [4.78, 5) is 14.3. The summed E-state index contributed by atoms with van der Waals surface area (Å²) in [5, 5.41) is 7.74. The number of carbonyl (C=O) groups is 1. The molecule has 1 aromatic carbocycles. The summed E-state index contributed by atoms with van der Waals surface area (Å²) in [5.41, 5.74) is 3.01. The molecular weight excluding hydrogens is 280 g/mol. The van der Waals surface area contributed by atoms with E-state index >= 15 is 0 Å². The van der Waals surface area contributed by atoms with Crippen LogP contribution in [-0.2, 0) is 13.5 Å². The number of rotatable bonds is 2. The molecule has 0 unspecified atom stereocenters. The number of likely N-dealkylation sites (tertiary alicyclic amines) is 1. The van der Waals surface area contributed by atoms with E-state index < -0.39 is 0 Å². The third-order valence-electron chi connectivity index (χ3n) is 4.48. The van der Waals surface area contributed by atoms with Crippen LogP contribution >= 0.6 is 0 Å². The molecule has 2 aliphatic heterocycles. The highest BCUT2D eigenvalue weighted by molar-refractivity contribution is 5.92. The average Bonchev–Trinajstić information content (AvgIpc) is 3.25. The van der Waals surface area contributed by atoms with Crippen LogP contribution in [0.25, 0.3) is 0 Å². The maximum atomic E-state index is 12.4. The van der Waals surface area contributed by atoms with Crippen LogP contribution < -0.4 is 4.74 Å². The molecule has 0 aliphatic carbocycles. The molecule has 114 valence electrons. The predicted octanol–water partition coefficient (Wildman–Crippen LogP) is 1.38. The maximum Gasteiger partial charge on any atom is 0.276 e. The fourth-order valence-electron chi connectivity index (χ4n) is 3.28. The van der Waals surface area contributed by atoms with Crippen LogP contribution in [0.5, 0.6) is 5.75 Å². The minimum atomic E-state index is -0.0277. The summed E-state index contributed by atoms with van der Waals surface area (Å²) in [6, 6.07) is 6.43. The van der Waals surface area contributed by atoms with Crippen molar-refractivity contribution in [2.24, 2.45) is 7.05 Å². The number of aryl methyl sites for hydroxylation is 1. The van der Waals surface area contributed by atoms with Crippen LogP contribution in [-0.4, -0.2) is 45.5 Å². The molecule has 1 amide bonds. The quantitative estimate of drug-likeness (QED) is 0.840. The van der Waals surface area contributed by atoms with Gasteiger partial charge in [0.2, 0.25) is 0 Å². The first-order chi connectivity index (χ1) is 10.7. The normalized spacial score (nSPS) is 20.0. The van der Waals surface area contributed by atoms with Crippen LogP contribution in [0, 0.1) is 0 Å². The number of hydrogen-bond acceptors (Lipinski definition) is 4. The van der Waals surface area contributed by atoms with Gasteiger partial charge in [0.1, 0.15) is 5.75 Å². The lowest BCUT2D eigenvalue weighted by Crippen LogP contribution is -2.28. The summed E-state index contributed by atoms with van der Waals surface area (Å²) in [6.45, 7) is 2.30. The van der Waals surface area contributed by atoms with Crippen molar-refractivity contribution >= 4 is 5.91 Å². The Morgan fingerprint density at radius 2 is 2.32 bits per heavy atom. The van der Waals surface area contributed by atoms with Gasteiger partial charge in [-0.05, 0) is 23.6 Å². The predicted molar refractivity (Wildman–Crippen MR) is 79.9 cm³/mol. The summed E-state index contributed by atoms with van der Waals surface area (Å²) in [5.74, 6) is 1.38. The van der Waals surface area contributed by atoms with Crippen LogP contribution in [0.2, 0.25) is 0 Å². The molecule has 1 saturated heterocycles. The van der Waals surface area contributed by atoms with Gasteiger partial charge >= 0.3 is 0 Å². The minimum Gasteiger partial charge on any atom is -0.493 e. The summed E-state index contributed by atoms with van der Waals surface area (Å²) in [7, 11) is 1.77. The smallest absolute Gasteiger partial charge is 0.276 e. The highest BCUT2D eigenvalue weighted by Gasteiger charge is 2.29. The molecule has 0 N–H and O–H groups in total. The standard InChI is InChI=1S/C16H18N4O2/c1-19-10-14(17-18-19)16(21)20-6-4-13(9-20)11-2-3-15-12(8-11)5-7-22-15/h2-3,8,10,13H,4-7,9H2,1H3/t13-/m1/s1. The van der Waals surface area contributed by atoms with Gasteiger partial charge in [0.25, 0.3) is 5.91 Å². The zero-order chi connectivity index (χ0) is 15.1. The number of fused-ring (bicyclic) bond motifs is 1. The van der Waals surface area contributed by atoms with Gasteiger partial charge in [0.05, 0.1) is 12.8 Å². The van der Waals surface area contributed by atoms with Crippen molar-refractivity contribution in [2.45, 2.75) is 18.8 Å². The molecule has 22 heavy (non-hydrogen) atoms. The fraction of sp³-hybridized carbons (Fsp3) is 0.438. The highest BCUT2D eigenvalue weighted by atomic mass is 16.5. The maximum absolute atomic E-state index is 12.4. The summed E-state index contributed by atoms with van der Waals surface area (Å²) in [6.07, 6.45) is 3.65. The van der Waals surface area contributed by atoms with Crippen molar-refractivity contribution in [2.75, 3.05) is 19.7 Å². The van der Waals surface area contributed by atoms with Crippen molar-refractivity contribution in [1.82, 2.24) is 19.9 Å². The second-order valence-electron chi connectivity index (χ2n) is 5.98. The van der Waals surface area contributed by atoms with E-state index in [4.69, 9.17) is 4.74 Å². The van der Waals surface area contributed by atoms with Gasteiger partial charge < -0.3 is 9.64 Å². The average molecular weight is 298 g/mol. The van der Waals surface area contributed by atoms with Crippen molar-refractivity contribution in [3.63, 3.8) is 0 Å². The van der Waals surface area contributed by atoms with Gasteiger partial charge in [0.15, 0.2) is 5.69 Å². The van der Waals surface area contributed by atoms with Crippen molar-refractivity contribution < 1.29 is 9.53 Å². The fourth-order valence-corrected chi connectivity index (χ4v) is 3.28. The van der Waals surface area contributed by atoms with Gasteiger partial charge in [-0.15, -0.1) is 5.10 Å². The summed E-state index contributed by atoms with van der Waals surface area (Å²) >= 11 is 0. The number of carbonyl (C=O) groups excluding carboxylic acids is 1. The Morgan fingerprint density at radius 3 is 3.14 bits per heavy atom. The molecule has 3 heterocycles. The zero-order valence-electron chi connectivity index (χ0n) is 12.5. The molecule has 1 fully saturated rings. The Labute approximate surface area is 128 Å². The van der Waals surface area contributed by atoms with E-state index in [-0.39, 0.29) is 5.91 Å². The van der Waals surface area contributed by atoms with Gasteiger partial charge in [-0.2, -0.15) is 0 Å². The Morgan fingerprint density at radius 1 is 1.41 bits per heavy atom. The number of nitrogens with zero attached hydrogens (tertiary/aromatic N) is 4. The highest BCUT2D eigenvalue weighted by Crippen LogP contribution is 2.33. The Bertz CT molecular complexity index is 725. The second kappa shape index (κ2) is 5.12. The first kappa shape index (κ1) is 13.3. The third kappa shape index (κ3) is 2.24. The molecule has 6 nitrogen and oxygen atoms in total. The monoisotopic (exact) mass is 298 g/mol. The number of amides is 1.